The van der Waals surface area contributed by atoms with Crippen LogP contribution in [0.4, 0.5) is 0 Å². The van der Waals surface area contributed by atoms with Crippen LogP contribution in [0.25, 0.3) is 6.08 Å². The highest BCUT2D eigenvalue weighted by molar-refractivity contribution is 7.90. The summed E-state index contributed by atoms with van der Waals surface area (Å²) in [5.74, 6) is -0.698. The summed E-state index contributed by atoms with van der Waals surface area (Å²) < 4.78 is 28.3. The SMILES string of the molecule is Cc1ccc(S(=O)(=O)NC(=O)/C=C\c2c(C)nn(C)c2C)cc1C. The van der Waals surface area contributed by atoms with E-state index in [1.165, 1.54) is 12.1 Å². The van der Waals surface area contributed by atoms with E-state index in [1.807, 2.05) is 34.7 Å². The fourth-order valence-electron chi connectivity index (χ4n) is 2.30. The number of nitrogens with one attached hydrogen (secondary N) is 1. The Morgan fingerprint density at radius 2 is 1.83 bits per heavy atom. The zero-order valence-electron chi connectivity index (χ0n) is 14.4. The molecule has 1 heterocycles. The maximum absolute atomic E-state index is 12.3. The van der Waals surface area contributed by atoms with E-state index in [-0.39, 0.29) is 4.90 Å². The number of aryl methyl sites for hydroxylation is 4. The standard InChI is InChI=1S/C17H21N3O3S/c1-11-6-7-15(10-12(11)2)24(22,23)19-17(21)9-8-16-13(3)18-20(5)14(16)4/h6-10H,1-5H3,(H,19,21)/b9-8-. The topological polar surface area (TPSA) is 81.1 Å². The van der Waals surface area contributed by atoms with Gasteiger partial charge in [-0.25, -0.2) is 13.1 Å². The lowest BCUT2D eigenvalue weighted by atomic mass is 10.1. The molecule has 2 aromatic rings. The van der Waals surface area contributed by atoms with Gasteiger partial charge in [0.2, 0.25) is 0 Å². The molecule has 0 aliphatic heterocycles. The molecule has 0 unspecified atom stereocenters. The van der Waals surface area contributed by atoms with Gasteiger partial charge >= 0.3 is 0 Å². The molecule has 0 aliphatic rings. The zero-order chi connectivity index (χ0) is 18.1. The lowest BCUT2D eigenvalue weighted by molar-refractivity contribution is -0.114. The molecule has 1 amide bonds. The third-order valence-corrected chi connectivity index (χ3v) is 5.33. The van der Waals surface area contributed by atoms with Gasteiger partial charge in [0.25, 0.3) is 15.9 Å². The Morgan fingerprint density at radius 3 is 2.38 bits per heavy atom. The van der Waals surface area contributed by atoms with Crippen LogP contribution >= 0.6 is 0 Å². The Hall–Kier alpha value is -2.41. The number of aromatic nitrogens is 2. The van der Waals surface area contributed by atoms with Crippen molar-refractivity contribution >= 4 is 22.0 Å². The predicted molar refractivity (Wildman–Crippen MR) is 93.0 cm³/mol. The lowest BCUT2D eigenvalue weighted by Gasteiger charge is -2.07. The van der Waals surface area contributed by atoms with Gasteiger partial charge in [-0.15, -0.1) is 0 Å². The molecule has 6 nitrogen and oxygen atoms in total. The van der Waals surface area contributed by atoms with Gasteiger partial charge in [0.05, 0.1) is 10.6 Å². The summed E-state index contributed by atoms with van der Waals surface area (Å²) in [7, 11) is -2.08. The monoisotopic (exact) mass is 347 g/mol. The van der Waals surface area contributed by atoms with Crippen LogP contribution in [0.15, 0.2) is 29.2 Å². The van der Waals surface area contributed by atoms with E-state index >= 15 is 0 Å². The van der Waals surface area contributed by atoms with E-state index in [9.17, 15) is 13.2 Å². The minimum atomic E-state index is -3.89. The molecule has 128 valence electrons. The van der Waals surface area contributed by atoms with Crippen molar-refractivity contribution in [3.8, 4) is 0 Å². The minimum Gasteiger partial charge on any atom is -0.272 e. The lowest BCUT2D eigenvalue weighted by Crippen LogP contribution is -2.29. The molecule has 1 aromatic carbocycles. The highest BCUT2D eigenvalue weighted by Crippen LogP contribution is 2.15. The molecule has 0 saturated heterocycles. The number of carbonyl (C=O) groups is 1. The van der Waals surface area contributed by atoms with Crippen molar-refractivity contribution in [2.24, 2.45) is 7.05 Å². The normalized spacial score (nSPS) is 11.9. The van der Waals surface area contributed by atoms with Gasteiger partial charge in [0, 0.05) is 24.4 Å². The van der Waals surface area contributed by atoms with E-state index in [0.717, 1.165) is 28.1 Å². The van der Waals surface area contributed by atoms with E-state index in [2.05, 4.69) is 9.82 Å². The number of hydrogen-bond acceptors (Lipinski definition) is 4. The Morgan fingerprint density at radius 1 is 1.17 bits per heavy atom. The molecule has 7 heteroatoms. The second kappa shape index (κ2) is 6.60. The van der Waals surface area contributed by atoms with E-state index in [0.29, 0.717) is 0 Å². The van der Waals surface area contributed by atoms with Crippen LogP contribution in [-0.4, -0.2) is 24.1 Å². The van der Waals surface area contributed by atoms with Gasteiger partial charge in [-0.2, -0.15) is 5.10 Å². The number of sulfonamides is 1. The first kappa shape index (κ1) is 17.9. The fourth-order valence-corrected chi connectivity index (χ4v) is 3.33. The van der Waals surface area contributed by atoms with Gasteiger partial charge in [-0.3, -0.25) is 9.48 Å². The third kappa shape index (κ3) is 3.73. The third-order valence-electron chi connectivity index (χ3n) is 3.99. The summed E-state index contributed by atoms with van der Waals surface area (Å²) >= 11 is 0. The van der Waals surface area contributed by atoms with Crippen LogP contribution in [0.2, 0.25) is 0 Å². The van der Waals surface area contributed by atoms with Gasteiger partial charge < -0.3 is 0 Å². The van der Waals surface area contributed by atoms with Crippen molar-refractivity contribution in [2.75, 3.05) is 0 Å². The van der Waals surface area contributed by atoms with Gasteiger partial charge in [0.1, 0.15) is 0 Å². The molecule has 2 rings (SSSR count). The number of carbonyl (C=O) groups excluding carboxylic acids is 1. The molecule has 0 fully saturated rings. The number of hydrogen-bond donors (Lipinski definition) is 1. The molecule has 24 heavy (non-hydrogen) atoms. The summed E-state index contributed by atoms with van der Waals surface area (Å²) in [5.41, 5.74) is 4.31. The van der Waals surface area contributed by atoms with Crippen molar-refractivity contribution in [1.82, 2.24) is 14.5 Å². The smallest absolute Gasteiger partial charge is 0.264 e. The molecular formula is C17H21N3O3S. The van der Waals surface area contributed by atoms with E-state index < -0.39 is 15.9 Å². The van der Waals surface area contributed by atoms with Crippen molar-refractivity contribution in [3.05, 3.63) is 52.4 Å². The van der Waals surface area contributed by atoms with Gasteiger partial charge in [-0.1, -0.05) is 6.07 Å². The van der Waals surface area contributed by atoms with Crippen LogP contribution in [0.5, 0.6) is 0 Å². The molecule has 1 aromatic heterocycles. The number of rotatable bonds is 4. The Bertz CT molecular complexity index is 925. The molecule has 0 saturated carbocycles. The van der Waals surface area contributed by atoms with Gasteiger partial charge in [0.15, 0.2) is 0 Å². The zero-order valence-corrected chi connectivity index (χ0v) is 15.2. The van der Waals surface area contributed by atoms with Crippen molar-refractivity contribution < 1.29 is 13.2 Å². The van der Waals surface area contributed by atoms with Crippen LogP contribution in [0, 0.1) is 27.7 Å². The first-order valence-electron chi connectivity index (χ1n) is 7.44. The van der Waals surface area contributed by atoms with E-state index in [4.69, 9.17) is 0 Å². The fraction of sp³-hybridized carbons (Fsp3) is 0.294. The maximum Gasteiger partial charge on any atom is 0.264 e. The highest BCUT2D eigenvalue weighted by atomic mass is 32.2. The van der Waals surface area contributed by atoms with Crippen LogP contribution in [0.3, 0.4) is 0 Å². The molecule has 1 N–H and O–H groups in total. The molecule has 0 radical (unpaired) electrons. The summed E-state index contributed by atoms with van der Waals surface area (Å²) in [6.07, 6.45) is 2.78. The van der Waals surface area contributed by atoms with Crippen LogP contribution < -0.4 is 4.72 Å². The molecule has 0 bridgehead atoms. The first-order valence-corrected chi connectivity index (χ1v) is 8.92. The van der Waals surface area contributed by atoms with Crippen molar-refractivity contribution in [2.45, 2.75) is 32.6 Å². The van der Waals surface area contributed by atoms with Gasteiger partial charge in [-0.05, 0) is 57.0 Å². The second-order valence-electron chi connectivity index (χ2n) is 5.76. The van der Waals surface area contributed by atoms with Crippen molar-refractivity contribution in [3.63, 3.8) is 0 Å². The molecule has 0 atom stereocenters. The highest BCUT2D eigenvalue weighted by Gasteiger charge is 2.17. The Kier molecular flexibility index (Phi) is 4.94. The summed E-state index contributed by atoms with van der Waals surface area (Å²) in [6, 6.07) is 4.74. The average molecular weight is 347 g/mol. The van der Waals surface area contributed by atoms with Crippen molar-refractivity contribution in [1.29, 1.82) is 0 Å². The van der Waals surface area contributed by atoms with Crippen LogP contribution in [-0.2, 0) is 21.9 Å². The number of benzene rings is 1. The molecule has 0 aliphatic carbocycles. The average Bonchev–Trinajstić information content (AvgIpc) is 2.72. The number of amides is 1. The van der Waals surface area contributed by atoms with E-state index in [1.54, 1.807) is 22.9 Å². The molecular weight excluding hydrogens is 326 g/mol. The second-order valence-corrected chi connectivity index (χ2v) is 7.44. The molecule has 0 spiro atoms. The largest absolute Gasteiger partial charge is 0.272 e. The maximum atomic E-state index is 12.3. The summed E-state index contributed by atoms with van der Waals surface area (Å²) in [5, 5.41) is 4.24. The predicted octanol–water partition coefficient (Wildman–Crippen LogP) is 2.17. The summed E-state index contributed by atoms with van der Waals surface area (Å²) in [4.78, 5) is 12.1. The Balaban J connectivity index is 2.19. The number of nitrogens with zero attached hydrogens (tertiary/aromatic N) is 2. The minimum absolute atomic E-state index is 0.0705. The summed E-state index contributed by atoms with van der Waals surface area (Å²) in [6.45, 7) is 7.43. The van der Waals surface area contributed by atoms with Crippen LogP contribution in [0.1, 0.15) is 28.1 Å². The first-order chi connectivity index (χ1) is 11.1. The quantitative estimate of drug-likeness (QED) is 0.860. The Labute approximate surface area is 142 Å².